The van der Waals surface area contributed by atoms with E-state index in [9.17, 15) is 4.39 Å². The topological polar surface area (TPSA) is 26.0 Å². The number of hydrogen-bond donors (Lipinski definition) is 1. The summed E-state index contributed by atoms with van der Waals surface area (Å²) in [4.78, 5) is 0. The van der Waals surface area contributed by atoms with Crippen LogP contribution in [-0.4, -0.2) is 6.67 Å². The van der Waals surface area contributed by atoms with Crippen LogP contribution in [0.25, 0.3) is 10.8 Å². The second-order valence-corrected chi connectivity index (χ2v) is 3.33. The van der Waals surface area contributed by atoms with Crippen LogP contribution in [0.4, 0.5) is 4.39 Å². The van der Waals surface area contributed by atoms with Crippen molar-refractivity contribution in [1.29, 1.82) is 0 Å². The van der Waals surface area contributed by atoms with Crippen molar-refractivity contribution in [3.05, 3.63) is 48.0 Å². The summed E-state index contributed by atoms with van der Waals surface area (Å²) >= 11 is 0. The average molecular weight is 189 g/mol. The average Bonchev–Trinajstić information content (AvgIpc) is 2.27. The molecule has 0 aliphatic rings. The predicted octanol–water partition coefficient (Wildman–Crippen LogP) is 2.81. The second-order valence-electron chi connectivity index (χ2n) is 3.33. The molecule has 0 bridgehead atoms. The van der Waals surface area contributed by atoms with Crippen molar-refractivity contribution in [3.63, 3.8) is 0 Å². The summed E-state index contributed by atoms with van der Waals surface area (Å²) in [5.74, 6) is 0. The maximum Gasteiger partial charge on any atom is 0.109 e. The van der Waals surface area contributed by atoms with Crippen molar-refractivity contribution >= 4 is 10.8 Å². The molecule has 0 saturated carbocycles. The van der Waals surface area contributed by atoms with Crippen LogP contribution in [0, 0.1) is 0 Å². The molecule has 0 radical (unpaired) electrons. The number of hydrogen-bond acceptors (Lipinski definition) is 1. The fourth-order valence-electron chi connectivity index (χ4n) is 1.66. The number of rotatable bonds is 2. The Morgan fingerprint density at radius 3 is 2.57 bits per heavy atom. The van der Waals surface area contributed by atoms with Crippen LogP contribution in [0.1, 0.15) is 11.6 Å². The highest BCUT2D eigenvalue weighted by Gasteiger charge is 2.08. The van der Waals surface area contributed by atoms with Gasteiger partial charge in [0.15, 0.2) is 0 Å². The van der Waals surface area contributed by atoms with Crippen LogP contribution >= 0.6 is 0 Å². The minimum atomic E-state index is -0.520. The van der Waals surface area contributed by atoms with Gasteiger partial charge in [-0.05, 0) is 16.3 Å². The minimum absolute atomic E-state index is 0.513. The van der Waals surface area contributed by atoms with Gasteiger partial charge < -0.3 is 5.73 Å². The molecule has 0 aromatic heterocycles. The lowest BCUT2D eigenvalue weighted by Crippen LogP contribution is -2.12. The van der Waals surface area contributed by atoms with Crippen molar-refractivity contribution in [2.75, 3.05) is 6.67 Å². The Morgan fingerprint density at radius 1 is 1.07 bits per heavy atom. The van der Waals surface area contributed by atoms with Crippen molar-refractivity contribution in [2.24, 2.45) is 5.73 Å². The molecule has 2 N–H and O–H groups in total. The predicted molar refractivity (Wildman–Crippen MR) is 56.9 cm³/mol. The van der Waals surface area contributed by atoms with Gasteiger partial charge in [0.2, 0.25) is 0 Å². The molecule has 0 amide bonds. The van der Waals surface area contributed by atoms with Crippen LogP contribution in [0.3, 0.4) is 0 Å². The summed E-state index contributed by atoms with van der Waals surface area (Å²) in [6.45, 7) is -0.520. The van der Waals surface area contributed by atoms with E-state index in [2.05, 4.69) is 0 Å². The molecule has 14 heavy (non-hydrogen) atoms. The van der Waals surface area contributed by atoms with Gasteiger partial charge in [-0.3, -0.25) is 0 Å². The highest BCUT2D eigenvalue weighted by atomic mass is 19.1. The van der Waals surface area contributed by atoms with E-state index in [1.165, 1.54) is 0 Å². The maximum atomic E-state index is 12.5. The van der Waals surface area contributed by atoms with E-state index in [0.717, 1.165) is 16.3 Å². The number of benzene rings is 2. The highest BCUT2D eigenvalue weighted by Crippen LogP contribution is 2.22. The standard InChI is InChI=1S/C12H12FN/c13-8-12(14)11-7-3-5-9-4-1-2-6-10(9)11/h1-7,12H,8,14H2/t12-/m1/s1. The van der Waals surface area contributed by atoms with E-state index >= 15 is 0 Å². The largest absolute Gasteiger partial charge is 0.322 e. The van der Waals surface area contributed by atoms with E-state index in [-0.39, 0.29) is 0 Å². The quantitative estimate of drug-likeness (QED) is 0.772. The first-order valence-electron chi connectivity index (χ1n) is 4.62. The molecule has 0 spiro atoms. The molecule has 72 valence electrons. The lowest BCUT2D eigenvalue weighted by molar-refractivity contribution is 0.438. The first-order chi connectivity index (χ1) is 6.83. The third-order valence-corrected chi connectivity index (χ3v) is 2.39. The Morgan fingerprint density at radius 2 is 1.79 bits per heavy atom. The molecule has 0 aliphatic heterocycles. The van der Waals surface area contributed by atoms with Crippen LogP contribution in [0.15, 0.2) is 42.5 Å². The third kappa shape index (κ3) is 1.49. The summed E-state index contributed by atoms with van der Waals surface area (Å²) in [6, 6.07) is 13.2. The Kier molecular flexibility index (Phi) is 2.46. The van der Waals surface area contributed by atoms with Crippen molar-refractivity contribution < 1.29 is 4.39 Å². The van der Waals surface area contributed by atoms with E-state index in [1.807, 2.05) is 42.5 Å². The van der Waals surface area contributed by atoms with Gasteiger partial charge >= 0.3 is 0 Å². The molecule has 0 fully saturated rings. The van der Waals surface area contributed by atoms with Crippen LogP contribution in [0.2, 0.25) is 0 Å². The van der Waals surface area contributed by atoms with Crippen molar-refractivity contribution in [2.45, 2.75) is 6.04 Å². The summed E-state index contributed by atoms with van der Waals surface area (Å²) < 4.78 is 12.5. The van der Waals surface area contributed by atoms with Gasteiger partial charge in [0, 0.05) is 0 Å². The van der Waals surface area contributed by atoms with Gasteiger partial charge in [0.1, 0.15) is 6.67 Å². The smallest absolute Gasteiger partial charge is 0.109 e. The van der Waals surface area contributed by atoms with E-state index < -0.39 is 12.7 Å². The number of fused-ring (bicyclic) bond motifs is 1. The molecule has 2 aromatic rings. The number of nitrogens with two attached hydrogens (primary N) is 1. The Labute approximate surface area is 82.3 Å². The lowest BCUT2D eigenvalue weighted by Gasteiger charge is -2.10. The first-order valence-corrected chi connectivity index (χ1v) is 4.62. The third-order valence-electron chi connectivity index (χ3n) is 2.39. The van der Waals surface area contributed by atoms with Crippen molar-refractivity contribution in [1.82, 2.24) is 0 Å². The van der Waals surface area contributed by atoms with Crippen LogP contribution < -0.4 is 5.73 Å². The summed E-state index contributed by atoms with van der Waals surface area (Å²) in [7, 11) is 0. The molecule has 1 atom stereocenters. The molecule has 2 heteroatoms. The summed E-state index contributed by atoms with van der Waals surface area (Å²) in [5.41, 5.74) is 6.57. The fourth-order valence-corrected chi connectivity index (χ4v) is 1.66. The molecule has 2 aromatic carbocycles. The normalized spacial score (nSPS) is 13.0. The zero-order chi connectivity index (χ0) is 9.97. The van der Waals surface area contributed by atoms with E-state index in [1.54, 1.807) is 0 Å². The SMILES string of the molecule is N[C@H](CF)c1cccc2ccccc12. The molecule has 0 unspecified atom stereocenters. The number of halogens is 1. The Hall–Kier alpha value is -1.41. The number of alkyl halides is 1. The first kappa shape index (κ1) is 9.16. The minimum Gasteiger partial charge on any atom is -0.322 e. The summed E-state index contributed by atoms with van der Waals surface area (Å²) in [6.07, 6.45) is 0. The fraction of sp³-hybridized carbons (Fsp3) is 0.167. The highest BCUT2D eigenvalue weighted by molar-refractivity contribution is 5.86. The van der Waals surface area contributed by atoms with Gasteiger partial charge in [-0.2, -0.15) is 0 Å². The molecule has 0 heterocycles. The van der Waals surface area contributed by atoms with Crippen LogP contribution in [-0.2, 0) is 0 Å². The Bertz CT molecular complexity index is 434. The van der Waals surface area contributed by atoms with E-state index in [0.29, 0.717) is 0 Å². The van der Waals surface area contributed by atoms with Gasteiger partial charge in [0.05, 0.1) is 6.04 Å². The summed E-state index contributed by atoms with van der Waals surface area (Å²) in [5, 5.41) is 2.15. The molecular weight excluding hydrogens is 177 g/mol. The van der Waals surface area contributed by atoms with Crippen LogP contribution in [0.5, 0.6) is 0 Å². The maximum absolute atomic E-state index is 12.5. The van der Waals surface area contributed by atoms with Gasteiger partial charge in [0.25, 0.3) is 0 Å². The zero-order valence-corrected chi connectivity index (χ0v) is 7.78. The molecular formula is C12H12FN. The van der Waals surface area contributed by atoms with Gasteiger partial charge in [-0.1, -0.05) is 42.5 Å². The molecule has 0 saturated heterocycles. The van der Waals surface area contributed by atoms with Gasteiger partial charge in [-0.25, -0.2) is 4.39 Å². The zero-order valence-electron chi connectivity index (χ0n) is 7.78. The van der Waals surface area contributed by atoms with E-state index in [4.69, 9.17) is 5.73 Å². The monoisotopic (exact) mass is 189 g/mol. The Balaban J connectivity index is 2.65. The lowest BCUT2D eigenvalue weighted by atomic mass is 10.00. The second kappa shape index (κ2) is 3.76. The van der Waals surface area contributed by atoms with Gasteiger partial charge in [-0.15, -0.1) is 0 Å². The molecule has 0 aliphatic carbocycles. The molecule has 1 nitrogen and oxygen atoms in total. The van der Waals surface area contributed by atoms with Crippen molar-refractivity contribution in [3.8, 4) is 0 Å². The molecule has 2 rings (SSSR count).